The van der Waals surface area contributed by atoms with Crippen molar-refractivity contribution in [2.45, 2.75) is 32.4 Å². The second-order valence-corrected chi connectivity index (χ2v) is 3.78. The van der Waals surface area contributed by atoms with Gasteiger partial charge in [-0.2, -0.15) is 0 Å². The van der Waals surface area contributed by atoms with Crippen molar-refractivity contribution < 1.29 is 20.4 Å². The van der Waals surface area contributed by atoms with E-state index in [2.05, 4.69) is 20.1 Å². The van der Waals surface area contributed by atoms with Gasteiger partial charge in [0.05, 0.1) is 13.7 Å². The quantitative estimate of drug-likeness (QED) is 0.348. The van der Waals surface area contributed by atoms with E-state index in [1.165, 1.54) is 0 Å². The van der Waals surface area contributed by atoms with E-state index in [1.54, 1.807) is 13.8 Å². The number of alkyl carbamates (subject to hydrolysis) is 1. The van der Waals surface area contributed by atoms with E-state index in [0.29, 0.717) is 0 Å². The van der Waals surface area contributed by atoms with Crippen LogP contribution < -0.4 is 5.32 Å². The molecule has 0 aromatic rings. The lowest BCUT2D eigenvalue weighted by atomic mass is 10.2. The van der Waals surface area contributed by atoms with Gasteiger partial charge in [0.25, 0.3) is 0 Å². The number of esters is 1. The zero-order chi connectivity index (χ0) is 14.2. The van der Waals surface area contributed by atoms with Crippen molar-refractivity contribution in [1.82, 2.24) is 5.32 Å². The summed E-state index contributed by atoms with van der Waals surface area (Å²) in [5.74, 6) is -0.747. The smallest absolute Gasteiger partial charge is 0.408 e. The molecule has 96 valence electrons. The Morgan fingerprint density at radius 2 is 2.29 bits per heavy atom. The van der Waals surface area contributed by atoms with Gasteiger partial charge in [-0.15, -0.1) is 0 Å². The fourth-order valence-electron chi connectivity index (χ4n) is 0.862. The van der Waals surface area contributed by atoms with Gasteiger partial charge in [0.15, 0.2) is 0 Å². The Hall–Kier alpha value is -1.95. The van der Waals surface area contributed by atoms with Crippen molar-refractivity contribution in [3.63, 3.8) is 0 Å². The third-order valence-electron chi connectivity index (χ3n) is 1.47. The molecule has 0 heterocycles. The molecule has 0 aromatic carbocycles. The van der Waals surface area contributed by atoms with Crippen LogP contribution in [0.3, 0.4) is 0 Å². The number of ether oxygens (including phenoxy) is 2. The van der Waals surface area contributed by atoms with E-state index in [4.69, 9.17) is 11.6 Å². The molecular weight excluding hydrogens is 228 g/mol. The van der Waals surface area contributed by atoms with Gasteiger partial charge in [-0.1, -0.05) is 5.11 Å². The highest BCUT2D eigenvalue weighted by molar-refractivity contribution is 5.81. The number of carbonyl (C=O) groups excluding carboxylic acids is 2. The Morgan fingerprint density at radius 1 is 1.65 bits per heavy atom. The Balaban J connectivity index is 4.53. The zero-order valence-corrected chi connectivity index (χ0v) is 9.97. The van der Waals surface area contributed by atoms with Crippen molar-refractivity contribution in [2.75, 3.05) is 13.7 Å². The first kappa shape index (κ1) is 13.1. The van der Waals surface area contributed by atoms with Gasteiger partial charge in [0.2, 0.25) is 0 Å². The molecule has 0 unspecified atom stereocenters. The number of nitrogens with one attached hydrogen (secondary N) is 1. The standard InChI is InChI=1S/C9H16N4O4/c1-9(2,3)17-8(15)12-6(5-11-13-10)7(14)16-4/h6H,5H2,1-4H3,(H,12,15)/t6-/m0/s1/i1D. The van der Waals surface area contributed by atoms with Gasteiger partial charge in [-0.05, 0) is 26.3 Å². The van der Waals surface area contributed by atoms with Crippen LogP contribution in [-0.4, -0.2) is 37.4 Å². The molecule has 0 spiro atoms. The summed E-state index contributed by atoms with van der Waals surface area (Å²) in [7, 11) is 1.15. The molecule has 0 aliphatic carbocycles. The molecule has 0 bridgehead atoms. The van der Waals surface area contributed by atoms with Crippen molar-refractivity contribution in [1.29, 1.82) is 0 Å². The highest BCUT2D eigenvalue weighted by Gasteiger charge is 2.24. The van der Waals surface area contributed by atoms with Crippen LogP contribution in [0.25, 0.3) is 10.4 Å². The molecule has 0 radical (unpaired) electrons. The molecule has 0 aliphatic rings. The van der Waals surface area contributed by atoms with Crippen molar-refractivity contribution >= 4 is 12.1 Å². The first-order chi connectivity index (χ1) is 8.36. The molecule has 0 saturated carbocycles. The number of azide groups is 1. The topological polar surface area (TPSA) is 113 Å². The van der Waals surface area contributed by atoms with E-state index < -0.39 is 23.7 Å². The molecule has 0 aliphatic heterocycles. The molecule has 1 atom stereocenters. The van der Waals surface area contributed by atoms with Crippen LogP contribution in [0.2, 0.25) is 0 Å². The van der Waals surface area contributed by atoms with E-state index in [0.717, 1.165) is 7.11 Å². The number of carbonyl (C=O) groups is 2. The summed E-state index contributed by atoms with van der Waals surface area (Å²) in [6.45, 7) is 2.71. The summed E-state index contributed by atoms with van der Waals surface area (Å²) >= 11 is 0. The van der Waals surface area contributed by atoms with Crippen LogP contribution >= 0.6 is 0 Å². The Morgan fingerprint density at radius 3 is 2.76 bits per heavy atom. The summed E-state index contributed by atoms with van der Waals surface area (Å²) in [5.41, 5.74) is 7.20. The van der Waals surface area contributed by atoms with Crippen molar-refractivity contribution in [2.24, 2.45) is 5.11 Å². The zero-order valence-electron chi connectivity index (χ0n) is 11.0. The number of hydrogen-bond acceptors (Lipinski definition) is 5. The van der Waals surface area contributed by atoms with Crippen molar-refractivity contribution in [3.05, 3.63) is 10.4 Å². The van der Waals surface area contributed by atoms with Crippen LogP contribution in [-0.2, 0) is 14.3 Å². The summed E-state index contributed by atoms with van der Waals surface area (Å²) < 4.78 is 16.5. The minimum atomic E-state index is -1.11. The molecule has 0 rings (SSSR count). The van der Waals surface area contributed by atoms with Gasteiger partial charge in [0.1, 0.15) is 11.6 Å². The minimum absolute atomic E-state index is 0.125. The van der Waals surface area contributed by atoms with Crippen LogP contribution in [0.1, 0.15) is 22.1 Å². The lowest BCUT2D eigenvalue weighted by molar-refractivity contribution is -0.142. The van der Waals surface area contributed by atoms with Crippen LogP contribution in [0.15, 0.2) is 5.11 Å². The Labute approximate surface area is 100 Å². The average Bonchev–Trinajstić information content (AvgIpc) is 2.32. The Kier molecular flexibility index (Phi) is 5.09. The summed E-state index contributed by atoms with van der Waals surface area (Å²) in [4.78, 5) is 25.2. The highest BCUT2D eigenvalue weighted by atomic mass is 16.6. The van der Waals surface area contributed by atoms with Gasteiger partial charge >= 0.3 is 12.1 Å². The minimum Gasteiger partial charge on any atom is -0.467 e. The molecule has 0 fully saturated rings. The molecule has 1 amide bonds. The first-order valence-electron chi connectivity index (χ1n) is 5.44. The molecular formula is C9H16N4O4. The fourth-order valence-corrected chi connectivity index (χ4v) is 0.862. The maximum absolute atomic E-state index is 11.5. The number of hydrogen-bond donors (Lipinski definition) is 1. The third kappa shape index (κ3) is 7.02. The van der Waals surface area contributed by atoms with E-state index in [1.807, 2.05) is 0 Å². The maximum atomic E-state index is 11.5. The van der Waals surface area contributed by atoms with Gasteiger partial charge in [-0.3, -0.25) is 0 Å². The normalized spacial score (nSPS) is 12.8. The lowest BCUT2D eigenvalue weighted by Gasteiger charge is -2.21. The molecule has 8 nitrogen and oxygen atoms in total. The largest absolute Gasteiger partial charge is 0.467 e. The summed E-state index contributed by atoms with van der Waals surface area (Å²) in [6.07, 6.45) is -0.879. The number of nitrogens with zero attached hydrogens (tertiary/aromatic N) is 3. The van der Waals surface area contributed by atoms with Crippen LogP contribution in [0, 0.1) is 0 Å². The summed E-state index contributed by atoms with van der Waals surface area (Å²) in [5, 5.41) is 5.39. The second kappa shape index (κ2) is 6.59. The Bertz CT molecular complexity index is 354. The van der Waals surface area contributed by atoms with E-state index in [9.17, 15) is 9.59 Å². The average molecular weight is 245 g/mol. The van der Waals surface area contributed by atoms with Crippen molar-refractivity contribution in [3.8, 4) is 0 Å². The lowest BCUT2D eigenvalue weighted by Crippen LogP contribution is -2.45. The van der Waals surface area contributed by atoms with Gasteiger partial charge in [0, 0.05) is 6.28 Å². The SMILES string of the molecule is [2H]CC(C)(C)OC(=O)N[C@@H](CN=[N+]=[N-])C(=O)OC. The maximum Gasteiger partial charge on any atom is 0.408 e. The predicted octanol–water partition coefficient (Wildman–Crippen LogP) is 1.36. The van der Waals surface area contributed by atoms with E-state index in [-0.39, 0.29) is 13.4 Å². The monoisotopic (exact) mass is 245 g/mol. The molecule has 17 heavy (non-hydrogen) atoms. The van der Waals surface area contributed by atoms with E-state index >= 15 is 0 Å². The van der Waals surface area contributed by atoms with Gasteiger partial charge in [-0.25, -0.2) is 9.59 Å². The molecule has 0 aromatic heterocycles. The number of rotatable bonds is 4. The fraction of sp³-hybridized carbons (Fsp3) is 0.778. The molecule has 0 saturated heterocycles. The predicted molar refractivity (Wildman–Crippen MR) is 59.2 cm³/mol. The third-order valence-corrected chi connectivity index (χ3v) is 1.47. The molecule has 1 N–H and O–H groups in total. The molecule has 8 heteroatoms. The number of amides is 1. The van der Waals surface area contributed by atoms with Gasteiger partial charge < -0.3 is 14.8 Å². The highest BCUT2D eigenvalue weighted by Crippen LogP contribution is 2.07. The van der Waals surface area contributed by atoms with Crippen LogP contribution in [0.5, 0.6) is 0 Å². The van der Waals surface area contributed by atoms with Crippen LogP contribution in [0.4, 0.5) is 4.79 Å². The second-order valence-electron chi connectivity index (χ2n) is 3.78. The first-order valence-corrected chi connectivity index (χ1v) is 4.73. The number of methoxy groups -OCH3 is 1. The summed E-state index contributed by atoms with van der Waals surface area (Å²) in [6, 6.07) is -1.11.